The Bertz CT molecular complexity index is 593. The fourth-order valence-electron chi connectivity index (χ4n) is 2.35. The molecule has 0 spiro atoms. The molecule has 1 saturated carbocycles. The average molecular weight is 341 g/mol. The lowest BCUT2D eigenvalue weighted by molar-refractivity contribution is -0.124. The molecular formula is C13H13BrN2O2S. The van der Waals surface area contributed by atoms with Gasteiger partial charge in [-0.25, -0.2) is 0 Å². The summed E-state index contributed by atoms with van der Waals surface area (Å²) >= 11 is 4.97. The van der Waals surface area contributed by atoms with E-state index in [0.717, 1.165) is 28.6 Å². The summed E-state index contributed by atoms with van der Waals surface area (Å²) in [5.41, 5.74) is 0. The standard InChI is InChI=1S/C13H13BrN2O2S/c14-9-6-11(19-7-9)13-15-12(18-16-13)5-8-3-1-2-4-10(8)17/h6-8H,1-5H2. The van der Waals surface area contributed by atoms with Crippen LogP contribution in [0.4, 0.5) is 0 Å². The Labute approximate surface area is 123 Å². The van der Waals surface area contributed by atoms with E-state index >= 15 is 0 Å². The zero-order chi connectivity index (χ0) is 13.2. The van der Waals surface area contributed by atoms with E-state index in [-0.39, 0.29) is 5.92 Å². The van der Waals surface area contributed by atoms with Gasteiger partial charge >= 0.3 is 0 Å². The molecule has 0 aliphatic heterocycles. The Hall–Kier alpha value is -1.01. The number of hydrogen-bond acceptors (Lipinski definition) is 5. The number of ketones is 1. The first-order valence-corrected chi connectivity index (χ1v) is 7.99. The van der Waals surface area contributed by atoms with Gasteiger partial charge in [0, 0.05) is 28.6 Å². The van der Waals surface area contributed by atoms with Gasteiger partial charge in [-0.15, -0.1) is 11.3 Å². The second kappa shape index (κ2) is 5.54. The fourth-order valence-corrected chi connectivity index (χ4v) is 3.70. The predicted molar refractivity (Wildman–Crippen MR) is 76.0 cm³/mol. The van der Waals surface area contributed by atoms with Crippen LogP contribution in [0.3, 0.4) is 0 Å². The second-order valence-corrected chi connectivity index (χ2v) is 6.58. The number of carbonyl (C=O) groups is 1. The van der Waals surface area contributed by atoms with Crippen molar-refractivity contribution in [1.82, 2.24) is 10.1 Å². The highest BCUT2D eigenvalue weighted by atomic mass is 79.9. The van der Waals surface area contributed by atoms with Crippen molar-refractivity contribution < 1.29 is 9.32 Å². The summed E-state index contributed by atoms with van der Waals surface area (Å²) < 4.78 is 6.27. The first-order chi connectivity index (χ1) is 9.22. The van der Waals surface area contributed by atoms with E-state index in [0.29, 0.717) is 30.3 Å². The van der Waals surface area contributed by atoms with Gasteiger partial charge in [-0.2, -0.15) is 4.98 Å². The van der Waals surface area contributed by atoms with E-state index in [2.05, 4.69) is 26.1 Å². The number of carbonyl (C=O) groups excluding carboxylic acids is 1. The van der Waals surface area contributed by atoms with Crippen molar-refractivity contribution in [1.29, 1.82) is 0 Å². The van der Waals surface area contributed by atoms with Crippen molar-refractivity contribution in [3.8, 4) is 10.7 Å². The van der Waals surface area contributed by atoms with Crippen LogP contribution >= 0.6 is 27.3 Å². The van der Waals surface area contributed by atoms with Crippen molar-refractivity contribution in [3.63, 3.8) is 0 Å². The normalized spacial score (nSPS) is 19.8. The van der Waals surface area contributed by atoms with Crippen LogP contribution in [-0.4, -0.2) is 15.9 Å². The quantitative estimate of drug-likeness (QED) is 0.851. The SMILES string of the molecule is O=C1CCCCC1Cc1nc(-c2cc(Br)cs2)no1. The maximum atomic E-state index is 11.8. The topological polar surface area (TPSA) is 56.0 Å². The van der Waals surface area contributed by atoms with Gasteiger partial charge in [-0.3, -0.25) is 4.79 Å². The van der Waals surface area contributed by atoms with E-state index in [1.807, 2.05) is 11.4 Å². The van der Waals surface area contributed by atoms with Crippen molar-refractivity contribution in [2.75, 3.05) is 0 Å². The van der Waals surface area contributed by atoms with Crippen LogP contribution < -0.4 is 0 Å². The van der Waals surface area contributed by atoms with E-state index in [1.54, 1.807) is 11.3 Å². The summed E-state index contributed by atoms with van der Waals surface area (Å²) in [4.78, 5) is 17.1. The largest absolute Gasteiger partial charge is 0.339 e. The molecule has 6 heteroatoms. The molecule has 1 aliphatic carbocycles. The fraction of sp³-hybridized carbons (Fsp3) is 0.462. The van der Waals surface area contributed by atoms with Crippen molar-refractivity contribution in [2.24, 2.45) is 5.92 Å². The molecular weight excluding hydrogens is 328 g/mol. The van der Waals surface area contributed by atoms with E-state index in [1.165, 1.54) is 0 Å². The maximum Gasteiger partial charge on any atom is 0.227 e. The molecule has 2 heterocycles. The first kappa shape index (κ1) is 13.0. The molecule has 1 aliphatic rings. The summed E-state index contributed by atoms with van der Waals surface area (Å²) in [6, 6.07) is 1.96. The lowest BCUT2D eigenvalue weighted by Crippen LogP contribution is -2.21. The number of thiophene rings is 1. The Morgan fingerprint density at radius 1 is 1.47 bits per heavy atom. The van der Waals surface area contributed by atoms with Gasteiger partial charge in [0.1, 0.15) is 5.78 Å². The smallest absolute Gasteiger partial charge is 0.227 e. The molecule has 0 amide bonds. The van der Waals surface area contributed by atoms with Crippen LogP contribution in [0.1, 0.15) is 31.6 Å². The summed E-state index contributed by atoms with van der Waals surface area (Å²) in [6.45, 7) is 0. The second-order valence-electron chi connectivity index (χ2n) is 4.75. The van der Waals surface area contributed by atoms with Crippen molar-refractivity contribution in [2.45, 2.75) is 32.1 Å². The van der Waals surface area contributed by atoms with Crippen molar-refractivity contribution in [3.05, 3.63) is 21.8 Å². The van der Waals surface area contributed by atoms with Crippen LogP contribution in [0, 0.1) is 5.92 Å². The number of rotatable bonds is 3. The van der Waals surface area contributed by atoms with Crippen LogP contribution in [0.2, 0.25) is 0 Å². The Morgan fingerprint density at radius 2 is 2.37 bits per heavy atom. The van der Waals surface area contributed by atoms with E-state index < -0.39 is 0 Å². The molecule has 0 saturated heterocycles. The highest BCUT2D eigenvalue weighted by Crippen LogP contribution is 2.29. The lowest BCUT2D eigenvalue weighted by Gasteiger charge is -2.18. The third-order valence-corrected chi connectivity index (χ3v) is 5.05. The highest BCUT2D eigenvalue weighted by molar-refractivity contribution is 9.10. The molecule has 1 atom stereocenters. The number of halogens is 1. The summed E-state index contributed by atoms with van der Waals surface area (Å²) in [5, 5.41) is 5.96. The monoisotopic (exact) mass is 340 g/mol. The minimum absolute atomic E-state index is 0.0668. The molecule has 0 N–H and O–H groups in total. The molecule has 0 radical (unpaired) electrons. The minimum Gasteiger partial charge on any atom is -0.339 e. The van der Waals surface area contributed by atoms with Crippen LogP contribution in [-0.2, 0) is 11.2 Å². The molecule has 1 unspecified atom stereocenters. The molecule has 2 aromatic heterocycles. The Morgan fingerprint density at radius 3 is 3.11 bits per heavy atom. The third kappa shape index (κ3) is 2.95. The number of aromatic nitrogens is 2. The van der Waals surface area contributed by atoms with Gasteiger partial charge in [0.15, 0.2) is 0 Å². The summed E-state index contributed by atoms with van der Waals surface area (Å²) in [7, 11) is 0. The number of hydrogen-bond donors (Lipinski definition) is 0. The van der Waals surface area contributed by atoms with Gasteiger partial charge in [-0.05, 0) is 34.8 Å². The van der Waals surface area contributed by atoms with Crippen LogP contribution in [0.5, 0.6) is 0 Å². The van der Waals surface area contributed by atoms with Crippen molar-refractivity contribution >= 4 is 33.0 Å². The molecule has 1 fully saturated rings. The highest BCUT2D eigenvalue weighted by Gasteiger charge is 2.24. The molecule has 100 valence electrons. The average Bonchev–Trinajstić information content (AvgIpc) is 3.01. The summed E-state index contributed by atoms with van der Waals surface area (Å²) in [6.07, 6.45) is 4.37. The van der Waals surface area contributed by atoms with Crippen LogP contribution in [0.25, 0.3) is 10.7 Å². The van der Waals surface area contributed by atoms with Gasteiger partial charge in [0.2, 0.25) is 11.7 Å². The van der Waals surface area contributed by atoms with Gasteiger partial charge in [0.05, 0.1) is 4.88 Å². The van der Waals surface area contributed by atoms with E-state index in [9.17, 15) is 4.79 Å². The summed E-state index contributed by atoms with van der Waals surface area (Å²) in [5.74, 6) is 1.58. The third-order valence-electron chi connectivity index (χ3n) is 3.36. The van der Waals surface area contributed by atoms with Gasteiger partial charge < -0.3 is 4.52 Å². The van der Waals surface area contributed by atoms with Gasteiger partial charge in [0.25, 0.3) is 0 Å². The lowest BCUT2D eigenvalue weighted by atomic mass is 9.86. The first-order valence-electron chi connectivity index (χ1n) is 6.32. The number of nitrogens with zero attached hydrogens (tertiary/aromatic N) is 2. The molecule has 3 rings (SSSR count). The Balaban J connectivity index is 1.72. The molecule has 19 heavy (non-hydrogen) atoms. The zero-order valence-corrected chi connectivity index (χ0v) is 12.7. The molecule has 2 aromatic rings. The number of Topliss-reactive ketones (excluding diaryl/α,β-unsaturated/α-hetero) is 1. The maximum absolute atomic E-state index is 11.8. The van der Waals surface area contributed by atoms with E-state index in [4.69, 9.17) is 4.52 Å². The van der Waals surface area contributed by atoms with Crippen LogP contribution in [0.15, 0.2) is 20.4 Å². The van der Waals surface area contributed by atoms with Gasteiger partial charge in [-0.1, -0.05) is 11.6 Å². The minimum atomic E-state index is 0.0668. The molecule has 4 nitrogen and oxygen atoms in total. The Kier molecular flexibility index (Phi) is 3.79. The molecule has 0 bridgehead atoms. The molecule has 0 aromatic carbocycles. The zero-order valence-electron chi connectivity index (χ0n) is 10.3. The predicted octanol–water partition coefficient (Wildman–Crippen LogP) is 3.86.